The zero-order valence-corrected chi connectivity index (χ0v) is 14.1. The minimum absolute atomic E-state index is 0.137. The summed E-state index contributed by atoms with van der Waals surface area (Å²) in [4.78, 5) is 23.8. The number of carbonyl (C=O) groups excluding carboxylic acids is 2. The number of carbonyl (C=O) groups is 2. The fourth-order valence-electron chi connectivity index (χ4n) is 2.45. The van der Waals surface area contributed by atoms with Gasteiger partial charge in [0.15, 0.2) is 0 Å². The molecule has 0 spiro atoms. The SMILES string of the molecule is COC(=O)c1ccccc1OC(=O)Nc1ccc(-c2ccccc2)cc1. The number of amides is 1. The van der Waals surface area contributed by atoms with Gasteiger partial charge in [0.2, 0.25) is 0 Å². The summed E-state index contributed by atoms with van der Waals surface area (Å²) in [5.41, 5.74) is 2.91. The Morgan fingerprint density at radius 3 is 2.08 bits per heavy atom. The van der Waals surface area contributed by atoms with Gasteiger partial charge < -0.3 is 9.47 Å². The molecular weight excluding hydrogens is 330 g/mol. The van der Waals surface area contributed by atoms with Crippen LogP contribution < -0.4 is 10.1 Å². The Labute approximate surface area is 151 Å². The number of methoxy groups -OCH3 is 1. The Morgan fingerprint density at radius 2 is 1.38 bits per heavy atom. The summed E-state index contributed by atoms with van der Waals surface area (Å²) in [5.74, 6) is -0.432. The molecule has 130 valence electrons. The van der Waals surface area contributed by atoms with Crippen molar-refractivity contribution in [3.8, 4) is 16.9 Å². The lowest BCUT2D eigenvalue weighted by Crippen LogP contribution is -2.18. The van der Waals surface area contributed by atoms with Crippen molar-refractivity contribution >= 4 is 17.7 Å². The zero-order chi connectivity index (χ0) is 18.4. The molecule has 0 aliphatic carbocycles. The zero-order valence-electron chi connectivity index (χ0n) is 14.1. The highest BCUT2D eigenvalue weighted by molar-refractivity contribution is 5.94. The number of hydrogen-bond acceptors (Lipinski definition) is 4. The number of nitrogens with one attached hydrogen (secondary N) is 1. The van der Waals surface area contributed by atoms with Gasteiger partial charge in [0.1, 0.15) is 11.3 Å². The topological polar surface area (TPSA) is 64.6 Å². The van der Waals surface area contributed by atoms with Crippen molar-refractivity contribution in [2.45, 2.75) is 0 Å². The summed E-state index contributed by atoms with van der Waals surface area (Å²) in [7, 11) is 1.27. The van der Waals surface area contributed by atoms with E-state index in [4.69, 9.17) is 4.74 Å². The van der Waals surface area contributed by atoms with E-state index in [2.05, 4.69) is 10.1 Å². The second-order valence-corrected chi connectivity index (χ2v) is 5.45. The average molecular weight is 347 g/mol. The fraction of sp³-hybridized carbons (Fsp3) is 0.0476. The Bertz CT molecular complexity index is 905. The van der Waals surface area contributed by atoms with Crippen LogP contribution in [0.4, 0.5) is 10.5 Å². The molecule has 3 aromatic rings. The van der Waals surface area contributed by atoms with Crippen molar-refractivity contribution in [3.63, 3.8) is 0 Å². The van der Waals surface area contributed by atoms with Crippen molar-refractivity contribution in [2.75, 3.05) is 12.4 Å². The molecule has 0 aromatic heterocycles. The van der Waals surface area contributed by atoms with Crippen LogP contribution in [0.3, 0.4) is 0 Å². The molecule has 0 saturated heterocycles. The van der Waals surface area contributed by atoms with Crippen LogP contribution in [-0.4, -0.2) is 19.2 Å². The minimum Gasteiger partial charge on any atom is -0.465 e. The molecule has 0 saturated carbocycles. The molecule has 3 rings (SSSR count). The second kappa shape index (κ2) is 7.98. The van der Waals surface area contributed by atoms with E-state index in [1.54, 1.807) is 24.3 Å². The first kappa shape index (κ1) is 17.2. The lowest BCUT2D eigenvalue weighted by molar-refractivity contribution is 0.0598. The first-order valence-electron chi connectivity index (χ1n) is 7.99. The largest absolute Gasteiger partial charge is 0.465 e. The number of ether oxygens (including phenoxy) is 2. The highest BCUT2D eigenvalue weighted by Crippen LogP contribution is 2.22. The molecule has 1 amide bonds. The van der Waals surface area contributed by atoms with Gasteiger partial charge in [0.05, 0.1) is 7.11 Å². The molecule has 0 heterocycles. The van der Waals surface area contributed by atoms with E-state index in [-0.39, 0.29) is 11.3 Å². The fourth-order valence-corrected chi connectivity index (χ4v) is 2.45. The quantitative estimate of drug-likeness (QED) is 0.692. The second-order valence-electron chi connectivity index (χ2n) is 5.45. The molecule has 0 radical (unpaired) electrons. The monoisotopic (exact) mass is 347 g/mol. The molecule has 0 aliphatic heterocycles. The van der Waals surface area contributed by atoms with E-state index in [0.717, 1.165) is 11.1 Å². The molecule has 0 fully saturated rings. The van der Waals surface area contributed by atoms with Crippen molar-refractivity contribution in [1.29, 1.82) is 0 Å². The molecule has 3 aromatic carbocycles. The maximum atomic E-state index is 12.1. The number of rotatable bonds is 4. The Balaban J connectivity index is 1.68. The standard InChI is InChI=1S/C21H17NO4/c1-25-20(23)18-9-5-6-10-19(18)26-21(24)22-17-13-11-16(12-14-17)15-7-3-2-4-8-15/h2-14H,1H3,(H,22,24). The smallest absolute Gasteiger partial charge is 0.417 e. The maximum absolute atomic E-state index is 12.1. The predicted octanol–water partition coefficient (Wildman–Crippen LogP) is 4.75. The summed E-state index contributed by atoms with van der Waals surface area (Å²) < 4.78 is 9.92. The molecule has 5 nitrogen and oxygen atoms in total. The summed E-state index contributed by atoms with van der Waals surface area (Å²) in [6.07, 6.45) is -0.686. The van der Waals surface area contributed by atoms with Crippen molar-refractivity contribution < 1.29 is 19.1 Å². The van der Waals surface area contributed by atoms with Crippen LogP contribution >= 0.6 is 0 Å². The molecule has 0 atom stereocenters. The van der Waals surface area contributed by atoms with E-state index >= 15 is 0 Å². The van der Waals surface area contributed by atoms with Crippen LogP contribution in [-0.2, 0) is 4.74 Å². The normalized spacial score (nSPS) is 10.0. The van der Waals surface area contributed by atoms with Gasteiger partial charge in [-0.1, -0.05) is 54.6 Å². The van der Waals surface area contributed by atoms with Crippen molar-refractivity contribution in [1.82, 2.24) is 0 Å². The number of benzene rings is 3. The molecular formula is C21H17NO4. The molecule has 5 heteroatoms. The third-order valence-electron chi connectivity index (χ3n) is 3.73. The summed E-state index contributed by atoms with van der Waals surface area (Å²) >= 11 is 0. The highest BCUT2D eigenvalue weighted by Gasteiger charge is 2.15. The van der Waals surface area contributed by atoms with Gasteiger partial charge >= 0.3 is 12.1 Å². The summed E-state index contributed by atoms with van der Waals surface area (Å²) in [6, 6.07) is 23.7. The number of hydrogen-bond donors (Lipinski definition) is 1. The van der Waals surface area contributed by atoms with Crippen LogP contribution in [0.1, 0.15) is 10.4 Å². The van der Waals surface area contributed by atoms with Gasteiger partial charge in [0, 0.05) is 5.69 Å². The van der Waals surface area contributed by atoms with E-state index < -0.39 is 12.1 Å². The molecule has 26 heavy (non-hydrogen) atoms. The number of esters is 1. The number of anilines is 1. The Hall–Kier alpha value is -3.60. The first-order chi connectivity index (χ1) is 12.7. The van der Waals surface area contributed by atoms with E-state index in [0.29, 0.717) is 5.69 Å². The van der Waals surface area contributed by atoms with E-state index in [1.807, 2.05) is 42.5 Å². The Kier molecular flexibility index (Phi) is 5.29. The van der Waals surface area contributed by atoms with Crippen LogP contribution in [0, 0.1) is 0 Å². The summed E-state index contributed by atoms with van der Waals surface area (Å²) in [6.45, 7) is 0. The van der Waals surface area contributed by atoms with Crippen molar-refractivity contribution in [3.05, 3.63) is 84.4 Å². The van der Waals surface area contributed by atoms with Gasteiger partial charge in [-0.15, -0.1) is 0 Å². The lowest BCUT2D eigenvalue weighted by Gasteiger charge is -2.10. The Morgan fingerprint density at radius 1 is 0.769 bits per heavy atom. The van der Waals surface area contributed by atoms with E-state index in [9.17, 15) is 9.59 Å². The third-order valence-corrected chi connectivity index (χ3v) is 3.73. The van der Waals surface area contributed by atoms with Gasteiger partial charge in [0.25, 0.3) is 0 Å². The van der Waals surface area contributed by atoms with Gasteiger partial charge in [-0.25, -0.2) is 9.59 Å². The van der Waals surface area contributed by atoms with E-state index in [1.165, 1.54) is 19.2 Å². The van der Waals surface area contributed by atoms with Crippen LogP contribution in [0.25, 0.3) is 11.1 Å². The first-order valence-corrected chi connectivity index (χ1v) is 7.99. The van der Waals surface area contributed by atoms with Crippen molar-refractivity contribution in [2.24, 2.45) is 0 Å². The molecule has 0 bridgehead atoms. The van der Waals surface area contributed by atoms with Gasteiger partial charge in [-0.3, -0.25) is 5.32 Å². The minimum atomic E-state index is -0.686. The third kappa shape index (κ3) is 4.08. The maximum Gasteiger partial charge on any atom is 0.417 e. The van der Waals surface area contributed by atoms with Crippen LogP contribution in [0.15, 0.2) is 78.9 Å². The molecule has 0 aliphatic rings. The van der Waals surface area contributed by atoms with Gasteiger partial charge in [-0.2, -0.15) is 0 Å². The van der Waals surface area contributed by atoms with Gasteiger partial charge in [-0.05, 0) is 35.4 Å². The van der Waals surface area contributed by atoms with Crippen LogP contribution in [0.2, 0.25) is 0 Å². The van der Waals surface area contributed by atoms with Crippen LogP contribution in [0.5, 0.6) is 5.75 Å². The predicted molar refractivity (Wildman–Crippen MR) is 99.3 cm³/mol. The summed E-state index contributed by atoms with van der Waals surface area (Å²) in [5, 5.41) is 2.64. The lowest BCUT2D eigenvalue weighted by atomic mass is 10.1. The average Bonchev–Trinajstić information content (AvgIpc) is 2.69. The molecule has 1 N–H and O–H groups in total. The highest BCUT2D eigenvalue weighted by atomic mass is 16.6. The molecule has 0 unspecified atom stereocenters. The number of para-hydroxylation sites is 1.